The largest absolute Gasteiger partial charge is 0.313 e. The van der Waals surface area contributed by atoms with E-state index < -0.39 is 0 Å². The number of halogens is 2. The van der Waals surface area contributed by atoms with Crippen LogP contribution >= 0.6 is 11.6 Å². The normalized spacial score (nSPS) is 17.1. The summed E-state index contributed by atoms with van der Waals surface area (Å²) in [6.45, 7) is 3.14. The molecule has 94 valence electrons. The lowest BCUT2D eigenvalue weighted by molar-refractivity contribution is 0.451. The van der Waals surface area contributed by atoms with Crippen LogP contribution in [0.2, 0.25) is 5.02 Å². The first kappa shape index (κ1) is 12.8. The monoisotopic (exact) mass is 255 g/mol. The fourth-order valence-electron chi connectivity index (χ4n) is 2.18. The van der Waals surface area contributed by atoms with Gasteiger partial charge in [0.15, 0.2) is 0 Å². The van der Waals surface area contributed by atoms with Crippen molar-refractivity contribution in [1.82, 2.24) is 5.32 Å². The van der Waals surface area contributed by atoms with E-state index in [0.717, 1.165) is 13.0 Å². The van der Waals surface area contributed by atoms with E-state index in [1.165, 1.54) is 18.9 Å². The van der Waals surface area contributed by atoms with Gasteiger partial charge in [0.25, 0.3) is 0 Å². The lowest BCUT2D eigenvalue weighted by Crippen LogP contribution is -2.34. The molecule has 0 aromatic heterocycles. The Morgan fingerprint density at radius 2 is 2.24 bits per heavy atom. The molecule has 1 fully saturated rings. The van der Waals surface area contributed by atoms with Crippen LogP contribution in [0.15, 0.2) is 18.2 Å². The minimum Gasteiger partial charge on any atom is -0.313 e. The van der Waals surface area contributed by atoms with E-state index in [1.54, 1.807) is 12.1 Å². The first-order valence-electron chi connectivity index (χ1n) is 6.38. The van der Waals surface area contributed by atoms with Crippen molar-refractivity contribution in [3.63, 3.8) is 0 Å². The summed E-state index contributed by atoms with van der Waals surface area (Å²) in [5.74, 6) is 0.527. The smallest absolute Gasteiger partial charge is 0.127 e. The molecule has 1 nitrogen and oxygen atoms in total. The molecule has 1 N–H and O–H groups in total. The molecule has 1 aliphatic carbocycles. The van der Waals surface area contributed by atoms with Gasteiger partial charge in [0.1, 0.15) is 5.82 Å². The van der Waals surface area contributed by atoms with Gasteiger partial charge < -0.3 is 5.32 Å². The summed E-state index contributed by atoms with van der Waals surface area (Å²) in [5.41, 5.74) is 0.662. The van der Waals surface area contributed by atoms with Crippen molar-refractivity contribution in [3.8, 4) is 0 Å². The van der Waals surface area contributed by atoms with Crippen LogP contribution in [0.1, 0.15) is 31.7 Å². The van der Waals surface area contributed by atoms with Gasteiger partial charge in [0.05, 0.1) is 0 Å². The van der Waals surface area contributed by atoms with E-state index >= 15 is 0 Å². The van der Waals surface area contributed by atoms with Gasteiger partial charge >= 0.3 is 0 Å². The number of rotatable bonds is 6. The summed E-state index contributed by atoms with van der Waals surface area (Å²) in [4.78, 5) is 0. The van der Waals surface area contributed by atoms with Gasteiger partial charge in [-0.25, -0.2) is 4.39 Å². The Morgan fingerprint density at radius 3 is 2.82 bits per heavy atom. The van der Waals surface area contributed by atoms with Crippen molar-refractivity contribution < 1.29 is 4.39 Å². The highest BCUT2D eigenvalue weighted by Crippen LogP contribution is 2.35. The highest BCUT2D eigenvalue weighted by atomic mass is 35.5. The van der Waals surface area contributed by atoms with Crippen LogP contribution < -0.4 is 5.32 Å². The van der Waals surface area contributed by atoms with Crippen molar-refractivity contribution in [2.45, 2.75) is 38.6 Å². The Labute approximate surface area is 107 Å². The third-order valence-electron chi connectivity index (χ3n) is 3.33. The fraction of sp³-hybridized carbons (Fsp3) is 0.571. The predicted molar refractivity (Wildman–Crippen MR) is 69.9 cm³/mol. The summed E-state index contributed by atoms with van der Waals surface area (Å²) in [7, 11) is 0. The Balaban J connectivity index is 2.06. The molecule has 17 heavy (non-hydrogen) atoms. The topological polar surface area (TPSA) is 12.0 Å². The van der Waals surface area contributed by atoms with E-state index in [4.69, 9.17) is 11.6 Å². The molecule has 1 atom stereocenters. The first-order valence-corrected chi connectivity index (χ1v) is 6.76. The van der Waals surface area contributed by atoms with E-state index in [9.17, 15) is 4.39 Å². The zero-order chi connectivity index (χ0) is 12.3. The van der Waals surface area contributed by atoms with Crippen LogP contribution in [-0.4, -0.2) is 12.6 Å². The van der Waals surface area contributed by atoms with Gasteiger partial charge in [-0.1, -0.05) is 24.6 Å². The summed E-state index contributed by atoms with van der Waals surface area (Å²) in [5, 5.41) is 4.06. The maximum Gasteiger partial charge on any atom is 0.127 e. The summed E-state index contributed by atoms with van der Waals surface area (Å²) < 4.78 is 13.7. The van der Waals surface area contributed by atoms with E-state index in [1.807, 2.05) is 0 Å². The first-order chi connectivity index (χ1) is 8.22. The molecule has 1 aromatic rings. The zero-order valence-electron chi connectivity index (χ0n) is 10.2. The average Bonchev–Trinajstić information content (AvgIpc) is 3.12. The molecule has 1 aliphatic rings. The number of hydrogen-bond acceptors (Lipinski definition) is 1. The quantitative estimate of drug-likeness (QED) is 0.815. The molecular weight excluding hydrogens is 237 g/mol. The maximum atomic E-state index is 13.7. The molecule has 3 heteroatoms. The molecule has 2 rings (SSSR count). The van der Waals surface area contributed by atoms with E-state index in [0.29, 0.717) is 29.0 Å². The summed E-state index contributed by atoms with van der Waals surface area (Å²) in [6, 6.07) is 5.30. The molecule has 1 unspecified atom stereocenters. The lowest BCUT2D eigenvalue weighted by atomic mass is 10.0. The molecule has 1 aromatic carbocycles. The maximum absolute atomic E-state index is 13.7. The molecule has 1 saturated carbocycles. The third-order valence-corrected chi connectivity index (χ3v) is 3.69. The molecule has 0 radical (unpaired) electrons. The van der Waals surface area contributed by atoms with E-state index in [2.05, 4.69) is 12.2 Å². The van der Waals surface area contributed by atoms with Crippen LogP contribution in [0.25, 0.3) is 0 Å². The molecule has 0 saturated heterocycles. The van der Waals surface area contributed by atoms with Crippen LogP contribution in [0.3, 0.4) is 0 Å². The molecule has 0 heterocycles. The second-order valence-electron chi connectivity index (χ2n) is 4.80. The fourth-order valence-corrected chi connectivity index (χ4v) is 2.42. The zero-order valence-corrected chi connectivity index (χ0v) is 10.9. The molecule has 0 bridgehead atoms. The third kappa shape index (κ3) is 3.43. The highest BCUT2D eigenvalue weighted by Gasteiger charge is 2.31. The SMILES string of the molecule is CCCNC(Cc1c(F)cccc1Cl)C1CC1. The molecular formula is C14H19ClFN. The Bertz CT molecular complexity index is 356. The second-order valence-corrected chi connectivity index (χ2v) is 5.21. The van der Waals surface area contributed by atoms with Gasteiger partial charge in [-0.05, 0) is 50.3 Å². The second kappa shape index (κ2) is 5.83. The Morgan fingerprint density at radius 1 is 1.47 bits per heavy atom. The molecule has 0 spiro atoms. The van der Waals surface area contributed by atoms with Gasteiger partial charge in [-0.2, -0.15) is 0 Å². The van der Waals surface area contributed by atoms with Crippen LogP contribution in [0.5, 0.6) is 0 Å². The average molecular weight is 256 g/mol. The minimum absolute atomic E-state index is 0.179. The Kier molecular flexibility index (Phi) is 4.41. The van der Waals surface area contributed by atoms with Crippen LogP contribution in [-0.2, 0) is 6.42 Å². The minimum atomic E-state index is -0.179. The standard InChI is InChI=1S/C14H19ClFN/c1-2-8-17-14(10-6-7-10)9-11-12(15)4-3-5-13(11)16/h3-5,10,14,17H,2,6-9H2,1H3. The van der Waals surface area contributed by atoms with Crippen molar-refractivity contribution in [3.05, 3.63) is 34.6 Å². The van der Waals surface area contributed by atoms with Crippen LogP contribution in [0, 0.1) is 11.7 Å². The summed E-state index contributed by atoms with van der Waals surface area (Å²) >= 11 is 6.06. The number of benzene rings is 1. The highest BCUT2D eigenvalue weighted by molar-refractivity contribution is 6.31. The van der Waals surface area contributed by atoms with Gasteiger partial charge in [-0.3, -0.25) is 0 Å². The van der Waals surface area contributed by atoms with Gasteiger partial charge in [0.2, 0.25) is 0 Å². The predicted octanol–water partition coefficient (Wildman–Crippen LogP) is 3.80. The summed E-state index contributed by atoms with van der Waals surface area (Å²) in [6.07, 6.45) is 4.32. The van der Waals surface area contributed by atoms with Crippen molar-refractivity contribution in [1.29, 1.82) is 0 Å². The molecule has 0 aliphatic heterocycles. The van der Waals surface area contributed by atoms with Crippen molar-refractivity contribution in [2.24, 2.45) is 5.92 Å². The van der Waals surface area contributed by atoms with Crippen molar-refractivity contribution >= 4 is 11.6 Å². The van der Waals surface area contributed by atoms with Crippen molar-refractivity contribution in [2.75, 3.05) is 6.54 Å². The van der Waals surface area contributed by atoms with E-state index in [-0.39, 0.29) is 5.82 Å². The van der Waals surface area contributed by atoms with Gasteiger partial charge in [-0.15, -0.1) is 0 Å². The molecule has 0 amide bonds. The number of nitrogens with one attached hydrogen (secondary N) is 1. The van der Waals surface area contributed by atoms with Gasteiger partial charge in [0, 0.05) is 16.6 Å². The number of hydrogen-bond donors (Lipinski definition) is 1. The lowest BCUT2D eigenvalue weighted by Gasteiger charge is -2.19. The Hall–Kier alpha value is -0.600. The van der Waals surface area contributed by atoms with Crippen LogP contribution in [0.4, 0.5) is 4.39 Å².